The van der Waals surface area contributed by atoms with E-state index in [1.54, 1.807) is 18.2 Å². The monoisotopic (exact) mass is 673 g/mol. The maximum Gasteiger partial charge on any atom is 0.244 e. The van der Waals surface area contributed by atoms with Crippen LogP contribution in [0.3, 0.4) is 0 Å². The molecular weight excluding hydrogens is 626 g/mol. The molecule has 4 aliphatic carbocycles. The maximum absolute atomic E-state index is 15.0. The van der Waals surface area contributed by atoms with Crippen molar-refractivity contribution in [1.29, 1.82) is 0 Å². The summed E-state index contributed by atoms with van der Waals surface area (Å²) in [4.78, 5) is 29.6. The van der Waals surface area contributed by atoms with E-state index in [1.807, 2.05) is 56.3 Å². The van der Waals surface area contributed by atoms with E-state index in [-0.39, 0.29) is 35.9 Å². The molecule has 7 rings (SSSR count). The van der Waals surface area contributed by atoms with Crippen molar-refractivity contribution in [2.75, 3.05) is 17.1 Å². The number of nitrogens with zero attached hydrogens (tertiary/aromatic N) is 2. The van der Waals surface area contributed by atoms with Gasteiger partial charge in [0.1, 0.15) is 18.4 Å². The van der Waals surface area contributed by atoms with Gasteiger partial charge in [0.25, 0.3) is 0 Å². The first kappa shape index (κ1) is 34.2. The zero-order valence-corrected chi connectivity index (χ0v) is 29.1. The van der Waals surface area contributed by atoms with Crippen LogP contribution >= 0.6 is 0 Å². The van der Waals surface area contributed by atoms with Crippen LogP contribution < -0.4 is 9.62 Å². The van der Waals surface area contributed by atoms with Crippen molar-refractivity contribution in [2.24, 2.45) is 17.8 Å². The lowest BCUT2D eigenvalue weighted by Gasteiger charge is -2.57. The Bertz CT molecular complexity index is 1680. The van der Waals surface area contributed by atoms with Crippen LogP contribution in [0.4, 0.5) is 10.1 Å². The lowest BCUT2D eigenvalue weighted by Crippen LogP contribution is -2.54. The summed E-state index contributed by atoms with van der Waals surface area (Å²) in [5.41, 5.74) is 2.88. The van der Waals surface area contributed by atoms with Crippen molar-refractivity contribution in [1.82, 2.24) is 10.2 Å². The molecule has 3 aromatic rings. The smallest absolute Gasteiger partial charge is 0.244 e. The van der Waals surface area contributed by atoms with Gasteiger partial charge in [0.15, 0.2) is 0 Å². The molecule has 256 valence electrons. The van der Waals surface area contributed by atoms with Crippen LogP contribution in [0.1, 0.15) is 75.5 Å². The Hall–Kier alpha value is -3.72. The molecule has 2 atom stereocenters. The standard InChI is InChI=1S/C39H48FN3O4S/c1-4-27(2)41-38(45)36(21-28-10-6-5-7-11-28)42(25-32-12-8-9-13-35(32)40)37(44)26-43(48(3,46)47)34-16-14-33(15-17-34)39-22-29-18-30(23-39)20-31(19-29)24-39/h5-17,27,29-31,36H,4,18-26H2,1-3H3,(H,41,45)/t27-,29?,30?,31?,36+,39?/m1/s1. The van der Waals surface area contributed by atoms with Gasteiger partial charge in [-0.05, 0) is 104 Å². The first-order chi connectivity index (χ1) is 22.9. The van der Waals surface area contributed by atoms with E-state index in [0.29, 0.717) is 12.1 Å². The molecule has 0 saturated heterocycles. The van der Waals surface area contributed by atoms with Gasteiger partial charge in [0, 0.05) is 24.6 Å². The summed E-state index contributed by atoms with van der Waals surface area (Å²) in [5.74, 6) is 0.877. The molecule has 4 aliphatic rings. The van der Waals surface area contributed by atoms with E-state index in [9.17, 15) is 18.0 Å². The molecule has 4 bridgehead atoms. The zero-order valence-electron chi connectivity index (χ0n) is 28.3. The number of anilines is 1. The van der Waals surface area contributed by atoms with E-state index in [1.165, 1.54) is 55.1 Å². The molecule has 4 saturated carbocycles. The van der Waals surface area contributed by atoms with Crippen molar-refractivity contribution in [2.45, 2.75) is 89.3 Å². The van der Waals surface area contributed by atoms with Gasteiger partial charge in [-0.2, -0.15) is 0 Å². The molecule has 3 aromatic carbocycles. The zero-order chi connectivity index (χ0) is 34.1. The number of hydrogen-bond donors (Lipinski definition) is 1. The number of amides is 2. The fourth-order valence-electron chi connectivity index (χ4n) is 8.86. The third-order valence-electron chi connectivity index (χ3n) is 11.1. The number of benzene rings is 3. The highest BCUT2D eigenvalue weighted by Crippen LogP contribution is 2.60. The third kappa shape index (κ3) is 7.46. The van der Waals surface area contributed by atoms with Crippen LogP contribution in [0.25, 0.3) is 0 Å². The molecule has 0 spiro atoms. The molecule has 48 heavy (non-hydrogen) atoms. The van der Waals surface area contributed by atoms with Gasteiger partial charge in [0.05, 0.1) is 11.9 Å². The Morgan fingerprint density at radius 1 is 0.896 bits per heavy atom. The number of rotatable bonds is 13. The van der Waals surface area contributed by atoms with Gasteiger partial charge in [-0.25, -0.2) is 12.8 Å². The Balaban J connectivity index is 1.31. The Labute approximate surface area is 285 Å². The van der Waals surface area contributed by atoms with Gasteiger partial charge in [-0.3, -0.25) is 13.9 Å². The van der Waals surface area contributed by atoms with Crippen molar-refractivity contribution in [3.63, 3.8) is 0 Å². The topological polar surface area (TPSA) is 86.8 Å². The molecule has 2 amide bonds. The molecule has 0 unspecified atom stereocenters. The predicted octanol–water partition coefficient (Wildman–Crippen LogP) is 6.61. The van der Waals surface area contributed by atoms with Crippen LogP contribution in [0.5, 0.6) is 0 Å². The van der Waals surface area contributed by atoms with Crippen LogP contribution in [0.15, 0.2) is 78.9 Å². The van der Waals surface area contributed by atoms with Crippen molar-refractivity contribution >= 4 is 27.5 Å². The number of sulfonamides is 1. The minimum atomic E-state index is -3.90. The fourth-order valence-corrected chi connectivity index (χ4v) is 9.71. The van der Waals surface area contributed by atoms with Crippen LogP contribution in [0, 0.1) is 23.6 Å². The highest BCUT2D eigenvalue weighted by Gasteiger charge is 2.51. The second kappa shape index (κ2) is 14.0. The first-order valence-electron chi connectivity index (χ1n) is 17.4. The summed E-state index contributed by atoms with van der Waals surface area (Å²) in [6.45, 7) is 3.13. The van der Waals surface area contributed by atoms with Crippen molar-refractivity contribution in [3.8, 4) is 0 Å². The lowest BCUT2D eigenvalue weighted by molar-refractivity contribution is -0.140. The Kier molecular flexibility index (Phi) is 9.98. The molecule has 0 aliphatic heterocycles. The fraction of sp³-hybridized carbons (Fsp3) is 0.487. The summed E-state index contributed by atoms with van der Waals surface area (Å²) in [7, 11) is -3.90. The number of carbonyl (C=O) groups excluding carboxylic acids is 2. The molecule has 9 heteroatoms. The summed E-state index contributed by atoms with van der Waals surface area (Å²) < 4.78 is 42.8. The minimum absolute atomic E-state index is 0.152. The van der Waals surface area contributed by atoms with Crippen molar-refractivity contribution < 1.29 is 22.4 Å². The summed E-state index contributed by atoms with van der Waals surface area (Å²) in [6.07, 6.45) is 9.55. The number of carbonyl (C=O) groups is 2. The van der Waals surface area contributed by atoms with Gasteiger partial charge >= 0.3 is 0 Å². The van der Waals surface area contributed by atoms with Crippen LogP contribution in [-0.4, -0.2) is 50.0 Å². The molecular formula is C39H48FN3O4S. The number of nitrogens with one attached hydrogen (secondary N) is 1. The molecule has 4 fully saturated rings. The second-order valence-corrected chi connectivity index (χ2v) is 16.6. The molecule has 1 N–H and O–H groups in total. The van der Waals surface area contributed by atoms with E-state index in [0.717, 1.165) is 33.9 Å². The molecule has 0 radical (unpaired) electrons. The Morgan fingerprint density at radius 3 is 2.04 bits per heavy atom. The maximum atomic E-state index is 15.0. The minimum Gasteiger partial charge on any atom is -0.352 e. The van der Waals surface area contributed by atoms with Gasteiger partial charge < -0.3 is 10.2 Å². The highest BCUT2D eigenvalue weighted by atomic mass is 32.2. The molecule has 0 heterocycles. The number of halogens is 1. The SMILES string of the molecule is CC[C@@H](C)NC(=O)[C@H](Cc1ccccc1)N(Cc1ccccc1F)C(=O)CN(c1ccc(C23CC4CC(CC(C4)C2)C3)cc1)S(C)(=O)=O. The van der Waals surface area contributed by atoms with E-state index in [2.05, 4.69) is 17.4 Å². The quantitative estimate of drug-likeness (QED) is 0.221. The predicted molar refractivity (Wildman–Crippen MR) is 187 cm³/mol. The van der Waals surface area contributed by atoms with Gasteiger partial charge in [-0.15, -0.1) is 0 Å². The van der Waals surface area contributed by atoms with E-state index < -0.39 is 34.3 Å². The lowest BCUT2D eigenvalue weighted by atomic mass is 9.48. The highest BCUT2D eigenvalue weighted by molar-refractivity contribution is 7.92. The Morgan fingerprint density at radius 2 is 1.48 bits per heavy atom. The summed E-state index contributed by atoms with van der Waals surface area (Å²) in [6, 6.07) is 22.1. The summed E-state index contributed by atoms with van der Waals surface area (Å²) >= 11 is 0. The molecule has 0 aromatic heterocycles. The molecule has 7 nitrogen and oxygen atoms in total. The first-order valence-corrected chi connectivity index (χ1v) is 19.2. The van der Waals surface area contributed by atoms with E-state index in [4.69, 9.17) is 0 Å². The van der Waals surface area contributed by atoms with Crippen LogP contribution in [-0.2, 0) is 38.0 Å². The average Bonchev–Trinajstić information content (AvgIpc) is 3.05. The van der Waals surface area contributed by atoms with Crippen molar-refractivity contribution in [3.05, 3.63) is 101 Å². The summed E-state index contributed by atoms with van der Waals surface area (Å²) in [5, 5.41) is 3.00. The van der Waals surface area contributed by atoms with E-state index >= 15 is 4.39 Å². The average molecular weight is 674 g/mol. The van der Waals surface area contributed by atoms with Gasteiger partial charge in [-0.1, -0.05) is 67.6 Å². The largest absolute Gasteiger partial charge is 0.352 e. The second-order valence-electron chi connectivity index (χ2n) is 14.7. The third-order valence-corrected chi connectivity index (χ3v) is 12.2. The normalized spacial score (nSPS) is 24.1. The number of hydrogen-bond acceptors (Lipinski definition) is 4. The van der Waals surface area contributed by atoms with Gasteiger partial charge in [0.2, 0.25) is 21.8 Å². The van der Waals surface area contributed by atoms with Crippen LogP contribution in [0.2, 0.25) is 0 Å².